The SMILES string of the molecule is CCOCCCCCON1C(C)(C)CCCC1(C)C. The Morgan fingerprint density at radius 3 is 2.05 bits per heavy atom. The molecule has 0 radical (unpaired) electrons. The van der Waals surface area contributed by atoms with Crippen molar-refractivity contribution in [3.05, 3.63) is 0 Å². The molecule has 3 nitrogen and oxygen atoms in total. The fourth-order valence-corrected chi connectivity index (χ4v) is 3.11. The Balaban J connectivity index is 2.25. The first-order valence-corrected chi connectivity index (χ1v) is 7.91. The fraction of sp³-hybridized carbons (Fsp3) is 1.00. The van der Waals surface area contributed by atoms with Crippen molar-refractivity contribution in [2.45, 2.75) is 84.2 Å². The molecule has 0 aromatic carbocycles. The molecule has 0 unspecified atom stereocenters. The normalized spacial score (nSPS) is 22.6. The van der Waals surface area contributed by atoms with Gasteiger partial charge in [-0.2, -0.15) is 5.06 Å². The number of hydrogen-bond acceptors (Lipinski definition) is 3. The van der Waals surface area contributed by atoms with E-state index in [-0.39, 0.29) is 11.1 Å². The molecule has 1 saturated heterocycles. The minimum Gasteiger partial charge on any atom is -0.382 e. The van der Waals surface area contributed by atoms with Gasteiger partial charge in [0, 0.05) is 24.3 Å². The molecule has 0 spiro atoms. The molecular formula is C16H33NO2. The number of nitrogens with zero attached hydrogens (tertiary/aromatic N) is 1. The van der Waals surface area contributed by atoms with Gasteiger partial charge in [0.15, 0.2) is 0 Å². The van der Waals surface area contributed by atoms with Gasteiger partial charge in [0.05, 0.1) is 6.61 Å². The van der Waals surface area contributed by atoms with Gasteiger partial charge in [-0.15, -0.1) is 0 Å². The molecule has 0 aromatic rings. The van der Waals surface area contributed by atoms with E-state index in [0.717, 1.165) is 32.7 Å². The molecule has 0 atom stereocenters. The summed E-state index contributed by atoms with van der Waals surface area (Å²) in [5.41, 5.74) is 0.320. The summed E-state index contributed by atoms with van der Waals surface area (Å²) in [6.45, 7) is 13.8. The molecule has 0 amide bonds. The van der Waals surface area contributed by atoms with E-state index in [1.165, 1.54) is 25.7 Å². The lowest BCUT2D eigenvalue weighted by Crippen LogP contribution is -2.58. The van der Waals surface area contributed by atoms with E-state index in [9.17, 15) is 0 Å². The molecule has 0 saturated carbocycles. The topological polar surface area (TPSA) is 21.7 Å². The van der Waals surface area contributed by atoms with E-state index in [4.69, 9.17) is 9.57 Å². The van der Waals surface area contributed by atoms with E-state index < -0.39 is 0 Å². The van der Waals surface area contributed by atoms with Crippen molar-refractivity contribution in [2.75, 3.05) is 19.8 Å². The zero-order valence-corrected chi connectivity index (χ0v) is 13.6. The van der Waals surface area contributed by atoms with Crippen molar-refractivity contribution in [3.8, 4) is 0 Å². The van der Waals surface area contributed by atoms with E-state index in [1.54, 1.807) is 0 Å². The largest absolute Gasteiger partial charge is 0.382 e. The average Bonchev–Trinajstić information content (AvgIpc) is 2.30. The maximum absolute atomic E-state index is 6.11. The van der Waals surface area contributed by atoms with Crippen molar-refractivity contribution in [2.24, 2.45) is 0 Å². The first-order valence-electron chi connectivity index (χ1n) is 7.91. The van der Waals surface area contributed by atoms with Crippen LogP contribution in [0.1, 0.15) is 73.1 Å². The third-order valence-electron chi connectivity index (χ3n) is 4.03. The number of hydrogen-bond donors (Lipinski definition) is 0. The molecule has 1 aliphatic heterocycles. The first kappa shape index (κ1) is 16.9. The second-order valence-electron chi connectivity index (χ2n) is 6.86. The van der Waals surface area contributed by atoms with Crippen LogP contribution in [0.5, 0.6) is 0 Å². The highest BCUT2D eigenvalue weighted by Gasteiger charge is 2.42. The summed E-state index contributed by atoms with van der Waals surface area (Å²) in [5, 5.41) is 2.26. The lowest BCUT2D eigenvalue weighted by Gasteiger charge is -2.51. The molecule has 0 bridgehead atoms. The van der Waals surface area contributed by atoms with Crippen LogP contribution in [0.3, 0.4) is 0 Å². The van der Waals surface area contributed by atoms with Gasteiger partial charge in [-0.3, -0.25) is 4.84 Å². The van der Waals surface area contributed by atoms with Crippen LogP contribution in [0.4, 0.5) is 0 Å². The van der Waals surface area contributed by atoms with Gasteiger partial charge < -0.3 is 4.74 Å². The number of ether oxygens (including phenoxy) is 1. The Labute approximate surface area is 119 Å². The smallest absolute Gasteiger partial charge is 0.0685 e. The minimum atomic E-state index is 0.160. The molecule has 19 heavy (non-hydrogen) atoms. The Kier molecular flexibility index (Phi) is 6.78. The van der Waals surface area contributed by atoms with Gasteiger partial charge in [-0.25, -0.2) is 0 Å². The molecule has 1 heterocycles. The standard InChI is InChI=1S/C16H33NO2/c1-6-18-13-8-7-9-14-19-17-15(2,3)11-10-12-16(17,4)5/h6-14H2,1-5H3. The van der Waals surface area contributed by atoms with Crippen LogP contribution >= 0.6 is 0 Å². The van der Waals surface area contributed by atoms with Crippen molar-refractivity contribution in [1.29, 1.82) is 0 Å². The number of unbranched alkanes of at least 4 members (excludes halogenated alkanes) is 2. The summed E-state index contributed by atoms with van der Waals surface area (Å²) in [7, 11) is 0. The van der Waals surface area contributed by atoms with Crippen LogP contribution in [0, 0.1) is 0 Å². The second kappa shape index (κ2) is 7.61. The summed E-state index contributed by atoms with van der Waals surface area (Å²) in [6.07, 6.45) is 7.20. The van der Waals surface area contributed by atoms with E-state index in [2.05, 4.69) is 32.8 Å². The maximum Gasteiger partial charge on any atom is 0.0685 e. The van der Waals surface area contributed by atoms with Crippen LogP contribution < -0.4 is 0 Å². The molecule has 114 valence electrons. The molecule has 3 heteroatoms. The van der Waals surface area contributed by atoms with Gasteiger partial charge in [-0.1, -0.05) is 0 Å². The Morgan fingerprint density at radius 1 is 0.895 bits per heavy atom. The molecule has 1 rings (SSSR count). The monoisotopic (exact) mass is 271 g/mol. The lowest BCUT2D eigenvalue weighted by molar-refractivity contribution is -0.281. The van der Waals surface area contributed by atoms with Gasteiger partial charge in [0.2, 0.25) is 0 Å². The fourth-order valence-electron chi connectivity index (χ4n) is 3.11. The van der Waals surface area contributed by atoms with Crippen LogP contribution in [0.25, 0.3) is 0 Å². The highest BCUT2D eigenvalue weighted by Crippen LogP contribution is 2.38. The van der Waals surface area contributed by atoms with Crippen molar-refractivity contribution in [1.82, 2.24) is 5.06 Å². The van der Waals surface area contributed by atoms with Crippen molar-refractivity contribution < 1.29 is 9.57 Å². The second-order valence-corrected chi connectivity index (χ2v) is 6.86. The summed E-state index contributed by atoms with van der Waals surface area (Å²) in [5.74, 6) is 0. The lowest BCUT2D eigenvalue weighted by atomic mass is 9.82. The Hall–Kier alpha value is -0.120. The summed E-state index contributed by atoms with van der Waals surface area (Å²) in [4.78, 5) is 6.11. The zero-order valence-electron chi connectivity index (χ0n) is 13.6. The van der Waals surface area contributed by atoms with Crippen LogP contribution in [-0.2, 0) is 9.57 Å². The van der Waals surface area contributed by atoms with E-state index in [1.807, 2.05) is 6.92 Å². The molecular weight excluding hydrogens is 238 g/mol. The van der Waals surface area contributed by atoms with Gasteiger partial charge in [-0.05, 0) is 73.1 Å². The quantitative estimate of drug-likeness (QED) is 0.619. The van der Waals surface area contributed by atoms with E-state index >= 15 is 0 Å². The third-order valence-corrected chi connectivity index (χ3v) is 4.03. The Bertz CT molecular complexity index is 235. The van der Waals surface area contributed by atoms with Crippen molar-refractivity contribution in [3.63, 3.8) is 0 Å². The van der Waals surface area contributed by atoms with Crippen LogP contribution in [0.15, 0.2) is 0 Å². The zero-order chi connectivity index (χ0) is 14.4. The summed E-state index contributed by atoms with van der Waals surface area (Å²) >= 11 is 0. The third kappa shape index (κ3) is 5.41. The minimum absolute atomic E-state index is 0.160. The maximum atomic E-state index is 6.11. The molecule has 0 aromatic heterocycles. The average molecular weight is 271 g/mol. The first-order chi connectivity index (χ1) is 8.90. The predicted molar refractivity (Wildman–Crippen MR) is 80.1 cm³/mol. The summed E-state index contributed by atoms with van der Waals surface area (Å²) in [6, 6.07) is 0. The van der Waals surface area contributed by atoms with Gasteiger partial charge in [0.25, 0.3) is 0 Å². The Morgan fingerprint density at radius 2 is 1.47 bits per heavy atom. The highest BCUT2D eigenvalue weighted by atomic mass is 16.7. The summed E-state index contributed by atoms with van der Waals surface area (Å²) < 4.78 is 5.34. The van der Waals surface area contributed by atoms with Crippen LogP contribution in [-0.4, -0.2) is 36.0 Å². The highest BCUT2D eigenvalue weighted by molar-refractivity contribution is 4.92. The van der Waals surface area contributed by atoms with Crippen LogP contribution in [0.2, 0.25) is 0 Å². The molecule has 1 aliphatic rings. The van der Waals surface area contributed by atoms with Gasteiger partial charge in [0.1, 0.15) is 0 Å². The van der Waals surface area contributed by atoms with Crippen molar-refractivity contribution >= 4 is 0 Å². The predicted octanol–water partition coefficient (Wildman–Crippen LogP) is 4.17. The van der Waals surface area contributed by atoms with Gasteiger partial charge >= 0.3 is 0 Å². The molecule has 0 N–H and O–H groups in total. The number of rotatable bonds is 8. The molecule has 0 aliphatic carbocycles. The number of piperidine rings is 1. The van der Waals surface area contributed by atoms with E-state index in [0.29, 0.717) is 0 Å². The molecule has 1 fully saturated rings. The number of hydroxylamine groups is 2.